The molecule has 1 heterocycles. The fourth-order valence-electron chi connectivity index (χ4n) is 3.19. The largest absolute Gasteiger partial charge is 0.302 e. The average molecular weight is 248 g/mol. The van der Waals surface area contributed by atoms with Crippen molar-refractivity contribution in [3.05, 3.63) is 28.4 Å². The zero-order chi connectivity index (χ0) is 13.1. The summed E-state index contributed by atoms with van der Waals surface area (Å²) in [4.78, 5) is 16.2. The third-order valence-electron chi connectivity index (χ3n) is 4.57. The van der Waals surface area contributed by atoms with Crippen molar-refractivity contribution in [2.75, 3.05) is 0 Å². The lowest BCUT2D eigenvalue weighted by Crippen LogP contribution is -2.27. The lowest BCUT2D eigenvalue weighted by Gasteiger charge is -2.35. The van der Waals surface area contributed by atoms with E-state index in [9.17, 15) is 4.79 Å². The molecule has 0 N–H and O–H groups in total. The van der Waals surface area contributed by atoms with Crippen LogP contribution in [0.1, 0.15) is 57.6 Å². The van der Waals surface area contributed by atoms with Gasteiger partial charge in [-0.15, -0.1) is 0 Å². The zero-order valence-electron chi connectivity index (χ0n) is 11.7. The summed E-state index contributed by atoms with van der Waals surface area (Å²) in [7, 11) is 1.76. The third kappa shape index (κ3) is 2.65. The lowest BCUT2D eigenvalue weighted by atomic mass is 9.71. The van der Waals surface area contributed by atoms with E-state index < -0.39 is 0 Å². The molecule has 1 saturated carbocycles. The molecule has 3 atom stereocenters. The molecule has 0 radical (unpaired) electrons. The SMILES string of the molecule is CCC(C)C1CCCCC1c1cc(=O)n(C)cn1. The van der Waals surface area contributed by atoms with Gasteiger partial charge in [0, 0.05) is 19.0 Å². The van der Waals surface area contributed by atoms with Crippen LogP contribution in [0.15, 0.2) is 17.2 Å². The Morgan fingerprint density at radius 2 is 2.17 bits per heavy atom. The van der Waals surface area contributed by atoms with Crippen LogP contribution in [0, 0.1) is 11.8 Å². The average Bonchev–Trinajstić information content (AvgIpc) is 2.41. The highest BCUT2D eigenvalue weighted by molar-refractivity contribution is 5.10. The van der Waals surface area contributed by atoms with Crippen LogP contribution in [0.25, 0.3) is 0 Å². The van der Waals surface area contributed by atoms with Gasteiger partial charge in [-0.2, -0.15) is 0 Å². The van der Waals surface area contributed by atoms with Gasteiger partial charge in [0.05, 0.1) is 12.0 Å². The minimum absolute atomic E-state index is 0.0634. The van der Waals surface area contributed by atoms with Crippen LogP contribution < -0.4 is 5.56 Å². The number of hydrogen-bond acceptors (Lipinski definition) is 2. The van der Waals surface area contributed by atoms with E-state index in [-0.39, 0.29) is 5.56 Å². The first-order valence-electron chi connectivity index (χ1n) is 7.16. The van der Waals surface area contributed by atoms with Crippen LogP contribution in [0.3, 0.4) is 0 Å². The molecule has 2 rings (SSSR count). The van der Waals surface area contributed by atoms with Crippen molar-refractivity contribution in [3.8, 4) is 0 Å². The van der Waals surface area contributed by atoms with Crippen molar-refractivity contribution < 1.29 is 0 Å². The summed E-state index contributed by atoms with van der Waals surface area (Å²) in [6, 6.07) is 1.74. The molecule has 1 aliphatic rings. The number of aryl methyl sites for hydroxylation is 1. The first-order valence-corrected chi connectivity index (χ1v) is 7.16. The number of hydrogen-bond donors (Lipinski definition) is 0. The Kier molecular flexibility index (Phi) is 4.20. The van der Waals surface area contributed by atoms with Crippen molar-refractivity contribution in [3.63, 3.8) is 0 Å². The van der Waals surface area contributed by atoms with Crippen LogP contribution in [0.5, 0.6) is 0 Å². The van der Waals surface area contributed by atoms with Crippen molar-refractivity contribution in [1.82, 2.24) is 9.55 Å². The van der Waals surface area contributed by atoms with Gasteiger partial charge in [-0.3, -0.25) is 4.79 Å². The smallest absolute Gasteiger partial charge is 0.253 e. The summed E-state index contributed by atoms with van der Waals surface area (Å²) < 4.78 is 1.55. The van der Waals surface area contributed by atoms with Crippen LogP contribution in [0.4, 0.5) is 0 Å². The van der Waals surface area contributed by atoms with E-state index in [0.29, 0.717) is 11.8 Å². The minimum Gasteiger partial charge on any atom is -0.302 e. The molecule has 0 aliphatic heterocycles. The fraction of sp³-hybridized carbons (Fsp3) is 0.733. The summed E-state index contributed by atoms with van der Waals surface area (Å²) in [6.07, 6.45) is 7.96. The highest BCUT2D eigenvalue weighted by Gasteiger charge is 2.30. The monoisotopic (exact) mass is 248 g/mol. The van der Waals surface area contributed by atoms with Crippen molar-refractivity contribution in [1.29, 1.82) is 0 Å². The maximum atomic E-state index is 11.8. The highest BCUT2D eigenvalue weighted by Crippen LogP contribution is 2.41. The van der Waals surface area contributed by atoms with Gasteiger partial charge in [0.1, 0.15) is 0 Å². The third-order valence-corrected chi connectivity index (χ3v) is 4.57. The Balaban J connectivity index is 2.27. The van der Waals surface area contributed by atoms with E-state index in [4.69, 9.17) is 0 Å². The molecule has 1 aromatic rings. The molecule has 0 amide bonds. The maximum Gasteiger partial charge on any atom is 0.253 e. The van der Waals surface area contributed by atoms with Gasteiger partial charge < -0.3 is 4.57 Å². The van der Waals surface area contributed by atoms with E-state index in [1.54, 1.807) is 24.0 Å². The molecule has 3 nitrogen and oxygen atoms in total. The van der Waals surface area contributed by atoms with Gasteiger partial charge in [0.25, 0.3) is 5.56 Å². The molecule has 18 heavy (non-hydrogen) atoms. The quantitative estimate of drug-likeness (QED) is 0.824. The summed E-state index contributed by atoms with van der Waals surface area (Å²) in [6.45, 7) is 4.60. The first-order chi connectivity index (χ1) is 8.63. The number of rotatable bonds is 3. The van der Waals surface area contributed by atoms with Gasteiger partial charge in [-0.1, -0.05) is 33.1 Å². The summed E-state index contributed by atoms with van der Waals surface area (Å²) in [5.74, 6) is 1.91. The maximum absolute atomic E-state index is 11.8. The van der Waals surface area contributed by atoms with Crippen LogP contribution >= 0.6 is 0 Å². The van der Waals surface area contributed by atoms with Crippen molar-refractivity contribution in [2.24, 2.45) is 18.9 Å². The van der Waals surface area contributed by atoms with Crippen molar-refractivity contribution >= 4 is 0 Å². The molecular formula is C15H24N2O. The Morgan fingerprint density at radius 1 is 1.44 bits per heavy atom. The molecule has 1 aromatic heterocycles. The topological polar surface area (TPSA) is 34.9 Å². The molecule has 0 saturated heterocycles. The van der Waals surface area contributed by atoms with Crippen molar-refractivity contribution in [2.45, 2.75) is 51.9 Å². The molecule has 1 fully saturated rings. The van der Waals surface area contributed by atoms with Crippen LogP contribution in [-0.2, 0) is 7.05 Å². The molecule has 0 bridgehead atoms. The lowest BCUT2D eigenvalue weighted by molar-refractivity contribution is 0.217. The second kappa shape index (κ2) is 5.68. The molecule has 3 heteroatoms. The fourth-order valence-corrected chi connectivity index (χ4v) is 3.19. The summed E-state index contributed by atoms with van der Waals surface area (Å²) in [5, 5.41) is 0. The first kappa shape index (κ1) is 13.3. The Morgan fingerprint density at radius 3 is 2.83 bits per heavy atom. The van der Waals surface area contributed by atoms with E-state index >= 15 is 0 Å². The van der Waals surface area contributed by atoms with E-state index in [2.05, 4.69) is 18.8 Å². The molecule has 100 valence electrons. The highest BCUT2D eigenvalue weighted by atomic mass is 16.1. The predicted molar refractivity (Wildman–Crippen MR) is 73.6 cm³/mol. The van der Waals surface area contributed by atoms with Gasteiger partial charge in [-0.05, 0) is 24.7 Å². The molecule has 0 spiro atoms. The molecular weight excluding hydrogens is 224 g/mol. The van der Waals surface area contributed by atoms with E-state index in [0.717, 1.165) is 11.6 Å². The second-order valence-electron chi connectivity index (χ2n) is 5.70. The van der Waals surface area contributed by atoms with Gasteiger partial charge in [0.15, 0.2) is 0 Å². The number of aromatic nitrogens is 2. The van der Waals surface area contributed by atoms with Gasteiger partial charge in [0.2, 0.25) is 0 Å². The number of nitrogens with zero attached hydrogens (tertiary/aromatic N) is 2. The van der Waals surface area contributed by atoms with E-state index in [1.165, 1.54) is 32.1 Å². The normalized spacial score (nSPS) is 25.9. The Hall–Kier alpha value is -1.12. The Bertz CT molecular complexity index is 452. The molecule has 1 aliphatic carbocycles. The summed E-state index contributed by atoms with van der Waals surface area (Å²) >= 11 is 0. The minimum atomic E-state index is 0.0634. The Labute approximate surface area is 109 Å². The van der Waals surface area contributed by atoms with Gasteiger partial charge in [-0.25, -0.2) is 4.98 Å². The second-order valence-corrected chi connectivity index (χ2v) is 5.70. The van der Waals surface area contributed by atoms with Gasteiger partial charge >= 0.3 is 0 Å². The standard InChI is InChI=1S/C15H24N2O/c1-4-11(2)12-7-5-6-8-13(12)14-9-15(18)17(3)10-16-14/h9-13H,4-8H2,1-3H3. The van der Waals surface area contributed by atoms with E-state index in [1.807, 2.05) is 0 Å². The summed E-state index contributed by atoms with van der Waals surface area (Å²) in [5.41, 5.74) is 1.08. The predicted octanol–water partition coefficient (Wildman–Crippen LogP) is 3.10. The van der Waals surface area contributed by atoms with Crippen LogP contribution in [0.2, 0.25) is 0 Å². The van der Waals surface area contributed by atoms with Crippen LogP contribution in [-0.4, -0.2) is 9.55 Å². The molecule has 0 aromatic carbocycles. The zero-order valence-corrected chi connectivity index (χ0v) is 11.7. The molecule has 3 unspecified atom stereocenters.